The van der Waals surface area contributed by atoms with Gasteiger partial charge in [-0.3, -0.25) is 14.5 Å². The van der Waals surface area contributed by atoms with Crippen molar-refractivity contribution < 1.29 is 19.1 Å². The van der Waals surface area contributed by atoms with E-state index in [1.54, 1.807) is 20.3 Å². The summed E-state index contributed by atoms with van der Waals surface area (Å²) in [5.41, 5.74) is 1.65. The molecule has 1 aliphatic heterocycles. The summed E-state index contributed by atoms with van der Waals surface area (Å²) >= 11 is 0.949. The number of hydrogen-bond acceptors (Lipinski definition) is 5. The van der Waals surface area contributed by atoms with Gasteiger partial charge in [0.2, 0.25) is 0 Å². The van der Waals surface area contributed by atoms with Crippen molar-refractivity contribution in [2.75, 3.05) is 14.2 Å². The van der Waals surface area contributed by atoms with Crippen molar-refractivity contribution in [3.8, 4) is 11.5 Å². The number of hydrogen-bond donors (Lipinski definition) is 0. The molecule has 0 aliphatic carbocycles. The predicted octanol–water partition coefficient (Wildman–Crippen LogP) is 6.25. The van der Waals surface area contributed by atoms with Crippen molar-refractivity contribution in [1.29, 1.82) is 0 Å². The number of imide groups is 1. The van der Waals surface area contributed by atoms with Gasteiger partial charge in [0.05, 0.1) is 25.7 Å². The molecule has 5 nitrogen and oxygen atoms in total. The highest BCUT2D eigenvalue weighted by molar-refractivity contribution is 8.18. The first-order valence-corrected chi connectivity index (χ1v) is 11.3. The van der Waals surface area contributed by atoms with E-state index in [0.29, 0.717) is 16.4 Å². The number of carbonyl (C=O) groups is 2. The summed E-state index contributed by atoms with van der Waals surface area (Å²) in [6.07, 6.45) is 1.74. The van der Waals surface area contributed by atoms with Crippen LogP contribution in [0.25, 0.3) is 27.6 Å². The summed E-state index contributed by atoms with van der Waals surface area (Å²) < 4.78 is 10.9. The van der Waals surface area contributed by atoms with Gasteiger partial charge in [0, 0.05) is 5.56 Å². The van der Waals surface area contributed by atoms with Crippen LogP contribution in [0.15, 0.2) is 77.7 Å². The Balaban J connectivity index is 1.50. The number of methoxy groups -OCH3 is 2. The number of benzene rings is 4. The van der Waals surface area contributed by atoms with Crippen LogP contribution in [0.1, 0.15) is 11.1 Å². The second kappa shape index (κ2) is 8.64. The van der Waals surface area contributed by atoms with E-state index in [4.69, 9.17) is 9.47 Å². The van der Waals surface area contributed by atoms with Crippen molar-refractivity contribution in [2.45, 2.75) is 6.54 Å². The summed E-state index contributed by atoms with van der Waals surface area (Å²) in [4.78, 5) is 27.6. The second-order valence-corrected chi connectivity index (χ2v) is 8.71. The Morgan fingerprint density at radius 3 is 2.39 bits per heavy atom. The van der Waals surface area contributed by atoms with Gasteiger partial charge in [-0.15, -0.1) is 0 Å². The standard InChI is InChI=1S/C27H21NO4S/c1-31-21-11-9-19-10-12-24(32-2)23(22(19)14-21)15-25-26(29)28(27(30)33-25)16-17-7-8-18-5-3-4-6-20(18)13-17/h3-15H,16H2,1-2H3/b25-15-. The van der Waals surface area contributed by atoms with Crippen LogP contribution in [0.4, 0.5) is 4.79 Å². The van der Waals surface area contributed by atoms with E-state index in [9.17, 15) is 9.59 Å². The molecule has 2 amide bonds. The van der Waals surface area contributed by atoms with E-state index in [1.165, 1.54) is 4.90 Å². The lowest BCUT2D eigenvalue weighted by Gasteiger charge is -2.13. The Hall–Kier alpha value is -3.77. The zero-order valence-corrected chi connectivity index (χ0v) is 19.0. The molecule has 0 unspecified atom stereocenters. The van der Waals surface area contributed by atoms with E-state index in [-0.39, 0.29) is 17.7 Å². The molecule has 33 heavy (non-hydrogen) atoms. The largest absolute Gasteiger partial charge is 0.497 e. The van der Waals surface area contributed by atoms with Crippen LogP contribution in [0.3, 0.4) is 0 Å². The zero-order valence-electron chi connectivity index (χ0n) is 18.2. The number of carbonyl (C=O) groups excluding carboxylic acids is 2. The van der Waals surface area contributed by atoms with Gasteiger partial charge >= 0.3 is 0 Å². The number of fused-ring (bicyclic) bond motifs is 2. The lowest BCUT2D eigenvalue weighted by Crippen LogP contribution is -2.27. The monoisotopic (exact) mass is 455 g/mol. The molecule has 164 valence electrons. The molecule has 0 N–H and O–H groups in total. The van der Waals surface area contributed by atoms with E-state index in [0.717, 1.165) is 44.4 Å². The van der Waals surface area contributed by atoms with Gasteiger partial charge in [0.1, 0.15) is 11.5 Å². The highest BCUT2D eigenvalue weighted by atomic mass is 32.2. The molecule has 0 aromatic heterocycles. The maximum atomic E-state index is 13.2. The number of ether oxygens (including phenoxy) is 2. The Morgan fingerprint density at radius 2 is 1.61 bits per heavy atom. The minimum Gasteiger partial charge on any atom is -0.497 e. The zero-order chi connectivity index (χ0) is 22.9. The maximum Gasteiger partial charge on any atom is 0.293 e. The van der Waals surface area contributed by atoms with Gasteiger partial charge in [-0.25, -0.2) is 0 Å². The molecular weight excluding hydrogens is 434 g/mol. The summed E-state index contributed by atoms with van der Waals surface area (Å²) in [6.45, 7) is 0.230. The number of rotatable bonds is 5. The quantitative estimate of drug-likeness (QED) is 0.333. The van der Waals surface area contributed by atoms with Gasteiger partial charge in [0.15, 0.2) is 0 Å². The third kappa shape index (κ3) is 3.94. The predicted molar refractivity (Wildman–Crippen MR) is 133 cm³/mol. The first-order valence-electron chi connectivity index (χ1n) is 10.4. The topological polar surface area (TPSA) is 55.8 Å². The van der Waals surface area contributed by atoms with Crippen LogP contribution < -0.4 is 9.47 Å². The van der Waals surface area contributed by atoms with Gasteiger partial charge in [-0.05, 0) is 69.2 Å². The molecule has 0 radical (unpaired) electrons. The van der Waals surface area contributed by atoms with Gasteiger partial charge in [-0.2, -0.15) is 0 Å². The average Bonchev–Trinajstić information content (AvgIpc) is 3.11. The van der Waals surface area contributed by atoms with E-state index in [1.807, 2.05) is 72.8 Å². The minimum absolute atomic E-state index is 0.230. The molecule has 0 spiro atoms. The molecule has 1 fully saturated rings. The average molecular weight is 456 g/mol. The Bertz CT molecular complexity index is 1440. The Morgan fingerprint density at radius 1 is 0.848 bits per heavy atom. The van der Waals surface area contributed by atoms with Crippen molar-refractivity contribution in [1.82, 2.24) is 4.90 Å². The van der Waals surface area contributed by atoms with Crippen LogP contribution in [0.2, 0.25) is 0 Å². The van der Waals surface area contributed by atoms with Crippen LogP contribution in [0.5, 0.6) is 11.5 Å². The third-order valence-corrected chi connectivity index (χ3v) is 6.66. The Labute approximate surface area is 195 Å². The molecule has 5 rings (SSSR count). The lowest BCUT2D eigenvalue weighted by atomic mass is 10.0. The third-order valence-electron chi connectivity index (χ3n) is 5.75. The van der Waals surface area contributed by atoms with Crippen molar-refractivity contribution in [3.63, 3.8) is 0 Å². The summed E-state index contributed by atoms with van der Waals surface area (Å²) in [5.74, 6) is 1.02. The van der Waals surface area contributed by atoms with Crippen molar-refractivity contribution in [3.05, 3.63) is 88.8 Å². The van der Waals surface area contributed by atoms with Crippen molar-refractivity contribution in [2.24, 2.45) is 0 Å². The van der Waals surface area contributed by atoms with Gasteiger partial charge < -0.3 is 9.47 Å². The fourth-order valence-electron chi connectivity index (χ4n) is 4.04. The molecule has 0 atom stereocenters. The van der Waals surface area contributed by atoms with E-state index >= 15 is 0 Å². The summed E-state index contributed by atoms with van der Waals surface area (Å²) in [6, 6.07) is 23.6. The first-order chi connectivity index (χ1) is 16.1. The number of nitrogens with zero attached hydrogens (tertiary/aromatic N) is 1. The van der Waals surface area contributed by atoms with Crippen LogP contribution in [-0.2, 0) is 11.3 Å². The fraction of sp³-hybridized carbons (Fsp3) is 0.111. The molecule has 0 bridgehead atoms. The van der Waals surface area contributed by atoms with Crippen LogP contribution >= 0.6 is 11.8 Å². The maximum absolute atomic E-state index is 13.2. The minimum atomic E-state index is -0.305. The van der Waals surface area contributed by atoms with Crippen LogP contribution in [-0.4, -0.2) is 30.3 Å². The normalized spacial score (nSPS) is 15.1. The van der Waals surface area contributed by atoms with Gasteiger partial charge in [-0.1, -0.05) is 48.5 Å². The highest BCUT2D eigenvalue weighted by Crippen LogP contribution is 2.38. The molecule has 6 heteroatoms. The van der Waals surface area contributed by atoms with Gasteiger partial charge in [0.25, 0.3) is 11.1 Å². The van der Waals surface area contributed by atoms with E-state index < -0.39 is 0 Å². The highest BCUT2D eigenvalue weighted by Gasteiger charge is 2.35. The summed E-state index contributed by atoms with van der Waals surface area (Å²) in [7, 11) is 3.20. The molecule has 1 heterocycles. The van der Waals surface area contributed by atoms with E-state index in [2.05, 4.69) is 0 Å². The van der Waals surface area contributed by atoms with Crippen LogP contribution in [0, 0.1) is 0 Å². The Kier molecular flexibility index (Phi) is 5.52. The molecule has 0 saturated carbocycles. The summed E-state index contributed by atoms with van der Waals surface area (Å²) in [5, 5.41) is 3.78. The SMILES string of the molecule is COc1ccc2ccc(OC)c(/C=C3\SC(=O)N(Cc4ccc5ccccc5c4)C3=O)c2c1. The first kappa shape index (κ1) is 21.1. The molecule has 4 aromatic carbocycles. The number of thioether (sulfide) groups is 1. The molecule has 4 aromatic rings. The molecule has 1 aliphatic rings. The number of amides is 2. The second-order valence-electron chi connectivity index (χ2n) is 7.72. The lowest BCUT2D eigenvalue weighted by molar-refractivity contribution is -0.123. The fourth-order valence-corrected chi connectivity index (χ4v) is 4.86. The molecule has 1 saturated heterocycles. The smallest absolute Gasteiger partial charge is 0.293 e. The van der Waals surface area contributed by atoms with Crippen molar-refractivity contribution >= 4 is 50.5 Å². The molecular formula is C27H21NO4S.